The Morgan fingerprint density at radius 2 is 1.94 bits per heavy atom. The van der Waals surface area contributed by atoms with Crippen molar-refractivity contribution in [3.05, 3.63) is 41.9 Å². The zero-order chi connectivity index (χ0) is 13.3. The van der Waals surface area contributed by atoms with Gasteiger partial charge in [0.15, 0.2) is 5.76 Å². The fourth-order valence-electron chi connectivity index (χ4n) is 1.57. The molecule has 18 heavy (non-hydrogen) atoms. The third-order valence-electron chi connectivity index (χ3n) is 2.41. The lowest BCUT2D eigenvalue weighted by molar-refractivity contribution is -0.137. The van der Waals surface area contributed by atoms with Crippen LogP contribution in [0.15, 0.2) is 34.9 Å². The monoisotopic (exact) mass is 256 g/mol. The minimum Gasteiger partial charge on any atom is -0.439 e. The molecule has 6 heteroatoms. The predicted octanol–water partition coefficient (Wildman–Crippen LogP) is 3.38. The molecule has 0 bridgehead atoms. The van der Waals surface area contributed by atoms with Crippen LogP contribution < -0.4 is 5.73 Å². The van der Waals surface area contributed by atoms with Crippen molar-refractivity contribution in [2.45, 2.75) is 19.1 Å². The molecule has 0 radical (unpaired) electrons. The van der Waals surface area contributed by atoms with Gasteiger partial charge >= 0.3 is 6.18 Å². The summed E-state index contributed by atoms with van der Waals surface area (Å²) in [4.78, 5) is 3.86. The number of benzene rings is 1. The molecule has 1 aromatic carbocycles. The summed E-state index contributed by atoms with van der Waals surface area (Å²) in [6, 6.07) is 4.72. The van der Waals surface area contributed by atoms with Gasteiger partial charge in [-0.15, -0.1) is 0 Å². The van der Waals surface area contributed by atoms with Crippen molar-refractivity contribution in [2.24, 2.45) is 5.73 Å². The van der Waals surface area contributed by atoms with Gasteiger partial charge in [0.1, 0.15) is 0 Å². The number of nitrogens with two attached hydrogens (primary N) is 1. The van der Waals surface area contributed by atoms with Gasteiger partial charge in [-0.05, 0) is 13.0 Å². The average molecular weight is 256 g/mol. The minimum atomic E-state index is -4.43. The quantitative estimate of drug-likeness (QED) is 0.896. The first kappa shape index (κ1) is 12.6. The van der Waals surface area contributed by atoms with Crippen molar-refractivity contribution in [2.75, 3.05) is 0 Å². The summed E-state index contributed by atoms with van der Waals surface area (Å²) in [5, 5.41) is 0. The number of hydrogen-bond donors (Lipinski definition) is 1. The molecule has 0 saturated heterocycles. The fourth-order valence-corrected chi connectivity index (χ4v) is 1.57. The molecule has 3 nitrogen and oxygen atoms in total. The van der Waals surface area contributed by atoms with E-state index in [1.807, 2.05) is 0 Å². The van der Waals surface area contributed by atoms with Crippen molar-refractivity contribution >= 4 is 0 Å². The maximum absolute atomic E-state index is 12.8. The van der Waals surface area contributed by atoms with Crippen molar-refractivity contribution in [3.63, 3.8) is 0 Å². The van der Waals surface area contributed by atoms with Gasteiger partial charge in [0, 0.05) is 5.56 Å². The molecule has 1 unspecified atom stereocenters. The van der Waals surface area contributed by atoms with Crippen LogP contribution in [0.1, 0.15) is 24.4 Å². The van der Waals surface area contributed by atoms with Gasteiger partial charge in [0.05, 0.1) is 17.8 Å². The molecular weight excluding hydrogens is 245 g/mol. The second-order valence-corrected chi connectivity index (χ2v) is 3.89. The van der Waals surface area contributed by atoms with Gasteiger partial charge in [-0.1, -0.05) is 18.2 Å². The second kappa shape index (κ2) is 4.45. The summed E-state index contributed by atoms with van der Waals surface area (Å²) in [7, 11) is 0. The zero-order valence-electron chi connectivity index (χ0n) is 9.53. The number of oxazole rings is 1. The second-order valence-electron chi connectivity index (χ2n) is 3.89. The van der Waals surface area contributed by atoms with Crippen LogP contribution in [0.3, 0.4) is 0 Å². The van der Waals surface area contributed by atoms with E-state index in [2.05, 4.69) is 4.98 Å². The first-order chi connectivity index (χ1) is 8.39. The summed E-state index contributed by atoms with van der Waals surface area (Å²) in [5.41, 5.74) is 4.76. The molecule has 2 aromatic rings. The summed E-state index contributed by atoms with van der Waals surface area (Å²) >= 11 is 0. The van der Waals surface area contributed by atoms with Crippen LogP contribution in [0.5, 0.6) is 0 Å². The molecule has 2 N–H and O–H groups in total. The van der Waals surface area contributed by atoms with E-state index in [-0.39, 0.29) is 17.2 Å². The van der Waals surface area contributed by atoms with Crippen LogP contribution in [0, 0.1) is 0 Å². The molecule has 0 aliphatic heterocycles. The van der Waals surface area contributed by atoms with Gasteiger partial charge in [-0.2, -0.15) is 13.2 Å². The maximum Gasteiger partial charge on any atom is 0.417 e. The Morgan fingerprint density at radius 1 is 1.28 bits per heavy atom. The molecule has 2 rings (SSSR count). The predicted molar refractivity (Wildman–Crippen MR) is 59.5 cm³/mol. The Labute approximate surface area is 101 Å². The molecule has 0 fully saturated rings. The molecule has 0 saturated carbocycles. The number of halogens is 3. The van der Waals surface area contributed by atoms with Crippen LogP contribution >= 0.6 is 0 Å². The van der Waals surface area contributed by atoms with E-state index in [1.165, 1.54) is 24.4 Å². The normalized spacial score (nSPS) is 13.6. The van der Waals surface area contributed by atoms with E-state index in [0.29, 0.717) is 0 Å². The number of nitrogens with zero attached hydrogens (tertiary/aromatic N) is 1. The topological polar surface area (TPSA) is 52.0 Å². The molecule has 1 atom stereocenters. The highest BCUT2D eigenvalue weighted by Gasteiger charge is 2.34. The van der Waals surface area contributed by atoms with E-state index >= 15 is 0 Å². The summed E-state index contributed by atoms with van der Waals surface area (Å²) < 4.78 is 43.7. The van der Waals surface area contributed by atoms with Gasteiger partial charge < -0.3 is 10.2 Å². The standard InChI is InChI=1S/C12H11F3N2O/c1-7(16)11-17-6-10(18-11)8-4-2-3-5-9(8)12(13,14)15/h2-7H,16H2,1H3. The molecule has 96 valence electrons. The van der Waals surface area contributed by atoms with Crippen LogP contribution in [-0.2, 0) is 6.18 Å². The van der Waals surface area contributed by atoms with Crippen molar-refractivity contribution < 1.29 is 17.6 Å². The average Bonchev–Trinajstić information content (AvgIpc) is 2.77. The first-order valence-electron chi connectivity index (χ1n) is 5.27. The Bertz CT molecular complexity index is 546. The summed E-state index contributed by atoms with van der Waals surface area (Å²) in [5.74, 6) is 0.275. The highest BCUT2D eigenvalue weighted by Crippen LogP contribution is 2.37. The maximum atomic E-state index is 12.8. The van der Waals surface area contributed by atoms with Crippen LogP contribution in [0.25, 0.3) is 11.3 Å². The van der Waals surface area contributed by atoms with E-state index in [1.54, 1.807) is 6.92 Å². The molecule has 0 aliphatic carbocycles. The Morgan fingerprint density at radius 3 is 2.50 bits per heavy atom. The van der Waals surface area contributed by atoms with Crippen LogP contribution in [-0.4, -0.2) is 4.98 Å². The smallest absolute Gasteiger partial charge is 0.417 e. The van der Waals surface area contributed by atoms with E-state index in [9.17, 15) is 13.2 Å². The van der Waals surface area contributed by atoms with Gasteiger partial charge in [0.2, 0.25) is 5.89 Å². The molecule has 0 amide bonds. The van der Waals surface area contributed by atoms with Crippen molar-refractivity contribution in [1.29, 1.82) is 0 Å². The molecule has 1 aromatic heterocycles. The summed E-state index contributed by atoms with van der Waals surface area (Å²) in [6.07, 6.45) is -3.18. The zero-order valence-corrected chi connectivity index (χ0v) is 9.53. The van der Waals surface area contributed by atoms with E-state index in [4.69, 9.17) is 10.2 Å². The Balaban J connectivity index is 2.50. The summed E-state index contributed by atoms with van der Waals surface area (Å²) in [6.45, 7) is 1.64. The number of alkyl halides is 3. The minimum absolute atomic E-state index is 0.0376. The van der Waals surface area contributed by atoms with Crippen LogP contribution in [0.4, 0.5) is 13.2 Å². The third kappa shape index (κ3) is 2.38. The Kier molecular flexibility index (Phi) is 3.13. The van der Waals surface area contributed by atoms with Gasteiger partial charge in [-0.25, -0.2) is 4.98 Å². The van der Waals surface area contributed by atoms with Crippen molar-refractivity contribution in [3.8, 4) is 11.3 Å². The fraction of sp³-hybridized carbons (Fsp3) is 0.250. The van der Waals surface area contributed by atoms with Crippen molar-refractivity contribution in [1.82, 2.24) is 4.98 Å². The first-order valence-corrected chi connectivity index (χ1v) is 5.27. The number of rotatable bonds is 2. The highest BCUT2D eigenvalue weighted by molar-refractivity contribution is 5.62. The highest BCUT2D eigenvalue weighted by atomic mass is 19.4. The van der Waals surface area contributed by atoms with Gasteiger partial charge in [0.25, 0.3) is 0 Å². The number of hydrogen-bond acceptors (Lipinski definition) is 3. The third-order valence-corrected chi connectivity index (χ3v) is 2.41. The lowest BCUT2D eigenvalue weighted by atomic mass is 10.1. The van der Waals surface area contributed by atoms with E-state index in [0.717, 1.165) is 6.07 Å². The van der Waals surface area contributed by atoms with E-state index < -0.39 is 17.8 Å². The number of aromatic nitrogens is 1. The molecular formula is C12H11F3N2O. The lowest BCUT2D eigenvalue weighted by Gasteiger charge is -2.10. The SMILES string of the molecule is CC(N)c1ncc(-c2ccccc2C(F)(F)F)o1. The van der Waals surface area contributed by atoms with Crippen LogP contribution in [0.2, 0.25) is 0 Å². The van der Waals surface area contributed by atoms with Gasteiger partial charge in [-0.3, -0.25) is 0 Å². The largest absolute Gasteiger partial charge is 0.439 e. The molecule has 0 aliphatic rings. The molecule has 1 heterocycles. The molecule has 0 spiro atoms. The lowest BCUT2D eigenvalue weighted by Crippen LogP contribution is -2.06. The Hall–Kier alpha value is -1.82.